The molecular weight excluding hydrogens is 364 g/mol. The molecule has 27 heavy (non-hydrogen) atoms. The number of aromatic nitrogens is 1. The predicted molar refractivity (Wildman–Crippen MR) is 102 cm³/mol. The molecular formula is C19H18N4O3S. The van der Waals surface area contributed by atoms with Crippen molar-refractivity contribution < 1.29 is 13.5 Å². The Balaban J connectivity index is 1.82. The molecule has 8 heteroatoms. The van der Waals surface area contributed by atoms with E-state index in [0.29, 0.717) is 35.3 Å². The SMILES string of the molecule is CCCNS(=O)(=O)c1ccc2[nH]c(O)c(C=C3N=c4ccccc4=N3)c2c1. The number of H-pyrrole nitrogens is 1. The van der Waals surface area contributed by atoms with Crippen LogP contribution in [0.2, 0.25) is 0 Å². The Morgan fingerprint density at radius 2 is 1.85 bits per heavy atom. The topological polar surface area (TPSA) is 107 Å². The summed E-state index contributed by atoms with van der Waals surface area (Å²) in [6.45, 7) is 2.26. The van der Waals surface area contributed by atoms with Crippen molar-refractivity contribution in [3.05, 3.63) is 64.6 Å². The van der Waals surface area contributed by atoms with Gasteiger partial charge in [-0.05, 0) is 42.8 Å². The van der Waals surface area contributed by atoms with Gasteiger partial charge in [-0.1, -0.05) is 19.1 Å². The largest absolute Gasteiger partial charge is 0.494 e. The zero-order valence-corrected chi connectivity index (χ0v) is 15.4. The maximum Gasteiger partial charge on any atom is 0.240 e. The highest BCUT2D eigenvalue weighted by atomic mass is 32.2. The van der Waals surface area contributed by atoms with Crippen LogP contribution in [0.1, 0.15) is 18.9 Å². The maximum absolute atomic E-state index is 12.4. The standard InChI is InChI=1S/C19H18N4O3S/c1-2-9-20-27(25,26)12-7-8-15-13(10-12)14(19(24)23-15)11-18-21-16-5-3-4-6-17(16)22-18/h3-8,10-11,20,23-24H,2,9H2,1H3. The number of benzene rings is 2. The number of nitrogens with one attached hydrogen (secondary N) is 2. The Bertz CT molecular complexity index is 1250. The minimum atomic E-state index is -3.61. The highest BCUT2D eigenvalue weighted by Gasteiger charge is 2.17. The van der Waals surface area contributed by atoms with Gasteiger partial charge in [-0.15, -0.1) is 0 Å². The minimum absolute atomic E-state index is 0.0603. The van der Waals surface area contributed by atoms with Crippen LogP contribution in [0.5, 0.6) is 5.88 Å². The summed E-state index contributed by atoms with van der Waals surface area (Å²) in [5, 5.41) is 12.4. The van der Waals surface area contributed by atoms with Crippen molar-refractivity contribution in [3.63, 3.8) is 0 Å². The number of fused-ring (bicyclic) bond motifs is 2. The van der Waals surface area contributed by atoms with Gasteiger partial charge in [0, 0.05) is 23.0 Å². The van der Waals surface area contributed by atoms with Crippen molar-refractivity contribution in [3.8, 4) is 5.88 Å². The summed E-state index contributed by atoms with van der Waals surface area (Å²) in [5.41, 5.74) is 1.08. The van der Waals surface area contributed by atoms with Gasteiger partial charge in [0.1, 0.15) is 0 Å². The first-order valence-corrected chi connectivity index (χ1v) is 10.0. The Hall–Kier alpha value is -2.97. The third kappa shape index (κ3) is 3.24. The summed E-state index contributed by atoms with van der Waals surface area (Å²) in [6, 6.07) is 12.2. The fourth-order valence-corrected chi connectivity index (χ4v) is 4.09. The number of rotatable bonds is 5. The molecule has 0 fully saturated rings. The van der Waals surface area contributed by atoms with Gasteiger partial charge in [0.05, 0.1) is 15.6 Å². The first-order valence-electron chi connectivity index (χ1n) is 8.56. The first-order chi connectivity index (χ1) is 13.0. The number of aromatic hydroxyl groups is 1. The van der Waals surface area contributed by atoms with E-state index < -0.39 is 10.0 Å². The van der Waals surface area contributed by atoms with Gasteiger partial charge in [0.15, 0.2) is 11.7 Å². The fourth-order valence-electron chi connectivity index (χ4n) is 2.93. The summed E-state index contributed by atoms with van der Waals surface area (Å²) >= 11 is 0. The van der Waals surface area contributed by atoms with Gasteiger partial charge in [-0.25, -0.2) is 23.1 Å². The number of aromatic amines is 1. The predicted octanol–water partition coefficient (Wildman–Crippen LogP) is 1.81. The third-order valence-corrected chi connectivity index (χ3v) is 5.73. The van der Waals surface area contributed by atoms with E-state index in [1.54, 1.807) is 12.1 Å². The van der Waals surface area contributed by atoms with Crippen molar-refractivity contribution in [1.29, 1.82) is 0 Å². The fraction of sp³-hybridized carbons (Fsp3) is 0.158. The second-order valence-electron chi connectivity index (χ2n) is 6.21. The van der Waals surface area contributed by atoms with Gasteiger partial charge in [-0.3, -0.25) is 0 Å². The molecule has 3 aromatic rings. The molecule has 0 radical (unpaired) electrons. The summed E-state index contributed by atoms with van der Waals surface area (Å²) in [5.74, 6) is 0.389. The molecule has 138 valence electrons. The molecule has 0 bridgehead atoms. The highest BCUT2D eigenvalue weighted by molar-refractivity contribution is 7.89. The molecule has 0 saturated heterocycles. The van der Waals surface area contributed by atoms with Gasteiger partial charge >= 0.3 is 0 Å². The summed E-state index contributed by atoms with van der Waals surface area (Å²) in [6.07, 6.45) is 2.34. The Kier molecular flexibility index (Phi) is 4.29. The first kappa shape index (κ1) is 17.4. The number of hydrogen-bond donors (Lipinski definition) is 3. The molecule has 4 rings (SSSR count). The molecule has 2 aromatic carbocycles. The molecule has 0 aliphatic carbocycles. The van der Waals surface area contributed by atoms with E-state index in [-0.39, 0.29) is 10.8 Å². The molecule has 0 spiro atoms. The lowest BCUT2D eigenvalue weighted by molar-refractivity contribution is 0.457. The van der Waals surface area contributed by atoms with Crippen molar-refractivity contribution in [2.24, 2.45) is 9.98 Å². The molecule has 3 N–H and O–H groups in total. The quantitative estimate of drug-likeness (QED) is 0.626. The zero-order chi connectivity index (χ0) is 19.0. The second kappa shape index (κ2) is 6.64. The average molecular weight is 382 g/mol. The van der Waals surface area contributed by atoms with Gasteiger partial charge < -0.3 is 10.1 Å². The van der Waals surface area contributed by atoms with E-state index in [1.165, 1.54) is 12.1 Å². The van der Waals surface area contributed by atoms with Crippen LogP contribution in [0, 0.1) is 0 Å². The molecule has 0 unspecified atom stereocenters. The van der Waals surface area contributed by atoms with Crippen LogP contribution in [-0.4, -0.2) is 25.1 Å². The van der Waals surface area contributed by atoms with Crippen LogP contribution in [0.15, 0.2) is 63.2 Å². The molecule has 1 aliphatic heterocycles. The third-order valence-electron chi connectivity index (χ3n) is 4.27. The van der Waals surface area contributed by atoms with Crippen LogP contribution in [0.25, 0.3) is 17.0 Å². The highest BCUT2D eigenvalue weighted by Crippen LogP contribution is 2.31. The minimum Gasteiger partial charge on any atom is -0.494 e. The normalized spacial score (nSPS) is 13.3. The van der Waals surface area contributed by atoms with E-state index in [2.05, 4.69) is 19.7 Å². The number of nitrogens with zero attached hydrogens (tertiary/aromatic N) is 2. The Morgan fingerprint density at radius 3 is 2.52 bits per heavy atom. The smallest absolute Gasteiger partial charge is 0.240 e. The Morgan fingerprint density at radius 1 is 1.15 bits per heavy atom. The van der Waals surface area contributed by atoms with Gasteiger partial charge in [0.2, 0.25) is 10.0 Å². The van der Waals surface area contributed by atoms with E-state index in [0.717, 1.165) is 10.7 Å². The van der Waals surface area contributed by atoms with Crippen molar-refractivity contribution in [2.45, 2.75) is 18.2 Å². The van der Waals surface area contributed by atoms with Crippen molar-refractivity contribution in [1.82, 2.24) is 9.71 Å². The molecule has 7 nitrogen and oxygen atoms in total. The van der Waals surface area contributed by atoms with Gasteiger partial charge in [0.25, 0.3) is 0 Å². The maximum atomic E-state index is 12.4. The van der Waals surface area contributed by atoms with Crippen LogP contribution < -0.4 is 15.4 Å². The van der Waals surface area contributed by atoms with Crippen molar-refractivity contribution in [2.75, 3.05) is 6.54 Å². The monoisotopic (exact) mass is 382 g/mol. The number of hydrogen-bond acceptors (Lipinski definition) is 5. The molecule has 1 aromatic heterocycles. The molecule has 2 heterocycles. The lowest BCUT2D eigenvalue weighted by atomic mass is 10.1. The Labute approximate surface area is 155 Å². The van der Waals surface area contributed by atoms with Crippen LogP contribution in [0.3, 0.4) is 0 Å². The summed E-state index contributed by atoms with van der Waals surface area (Å²) in [4.78, 5) is 11.9. The van der Waals surface area contributed by atoms with Crippen molar-refractivity contribution >= 4 is 27.0 Å². The zero-order valence-electron chi connectivity index (χ0n) is 14.6. The lowest BCUT2D eigenvalue weighted by Crippen LogP contribution is -2.24. The second-order valence-corrected chi connectivity index (χ2v) is 7.97. The molecule has 0 atom stereocenters. The number of para-hydroxylation sites is 2. The van der Waals surface area contributed by atoms with Crippen LogP contribution in [0.4, 0.5) is 0 Å². The van der Waals surface area contributed by atoms with E-state index >= 15 is 0 Å². The van der Waals surface area contributed by atoms with Crippen LogP contribution in [-0.2, 0) is 10.0 Å². The number of sulfonamides is 1. The average Bonchev–Trinajstić information content (AvgIpc) is 3.20. The summed E-state index contributed by atoms with van der Waals surface area (Å²) in [7, 11) is -3.61. The van der Waals surface area contributed by atoms with Crippen LogP contribution >= 0.6 is 0 Å². The lowest BCUT2D eigenvalue weighted by Gasteiger charge is -2.05. The molecule has 1 aliphatic rings. The van der Waals surface area contributed by atoms with E-state index in [1.807, 2.05) is 31.2 Å². The summed E-state index contributed by atoms with van der Waals surface area (Å²) < 4.78 is 27.4. The van der Waals surface area contributed by atoms with Gasteiger partial charge in [-0.2, -0.15) is 0 Å². The molecule has 0 saturated carbocycles. The molecule has 0 amide bonds. The van der Waals surface area contributed by atoms with E-state index in [9.17, 15) is 13.5 Å². The van der Waals surface area contributed by atoms with E-state index in [4.69, 9.17) is 0 Å².